The summed E-state index contributed by atoms with van der Waals surface area (Å²) in [5.74, 6) is -0.297. The first kappa shape index (κ1) is 13.5. The van der Waals surface area contributed by atoms with E-state index in [-0.39, 0.29) is 5.82 Å². The van der Waals surface area contributed by atoms with Gasteiger partial charge in [-0.2, -0.15) is 0 Å². The first-order valence-corrected chi connectivity index (χ1v) is 6.70. The number of nitrogens with one attached hydrogen (secondary N) is 1. The molecule has 0 unspecified atom stereocenters. The number of halogens is 1. The lowest BCUT2D eigenvalue weighted by Crippen LogP contribution is -2.00. The van der Waals surface area contributed by atoms with Crippen LogP contribution in [-0.2, 0) is 13.0 Å². The van der Waals surface area contributed by atoms with Crippen molar-refractivity contribution in [1.82, 2.24) is 4.98 Å². The van der Waals surface area contributed by atoms with Crippen LogP contribution in [0.4, 0.5) is 10.1 Å². The zero-order valence-corrected chi connectivity index (χ0v) is 11.2. The SMILES string of the molecule is CCCCc1ccc(NCc2cncc(F)c2)cc1. The van der Waals surface area contributed by atoms with Crippen molar-refractivity contribution in [2.45, 2.75) is 32.7 Å². The summed E-state index contributed by atoms with van der Waals surface area (Å²) < 4.78 is 13.0. The Morgan fingerprint density at radius 2 is 1.89 bits per heavy atom. The Labute approximate surface area is 113 Å². The van der Waals surface area contributed by atoms with Crippen LogP contribution in [0.15, 0.2) is 42.7 Å². The van der Waals surface area contributed by atoms with Crippen molar-refractivity contribution >= 4 is 5.69 Å². The van der Waals surface area contributed by atoms with Gasteiger partial charge in [-0.15, -0.1) is 0 Å². The van der Waals surface area contributed by atoms with Gasteiger partial charge < -0.3 is 5.32 Å². The number of rotatable bonds is 6. The third-order valence-electron chi connectivity index (χ3n) is 3.03. The van der Waals surface area contributed by atoms with Gasteiger partial charge >= 0.3 is 0 Å². The second-order valence-corrected chi connectivity index (χ2v) is 4.67. The molecule has 0 amide bonds. The predicted molar refractivity (Wildman–Crippen MR) is 76.6 cm³/mol. The standard InChI is InChI=1S/C16H19FN2/c1-2-3-4-13-5-7-16(8-6-13)19-11-14-9-15(17)12-18-10-14/h5-10,12,19H,2-4,11H2,1H3. The summed E-state index contributed by atoms with van der Waals surface area (Å²) in [7, 11) is 0. The molecule has 19 heavy (non-hydrogen) atoms. The Hall–Kier alpha value is -1.90. The van der Waals surface area contributed by atoms with E-state index in [9.17, 15) is 4.39 Å². The molecule has 0 aliphatic carbocycles. The van der Waals surface area contributed by atoms with Gasteiger partial charge in [0.15, 0.2) is 0 Å². The maximum atomic E-state index is 13.0. The quantitative estimate of drug-likeness (QED) is 0.841. The third-order valence-corrected chi connectivity index (χ3v) is 3.03. The van der Waals surface area contributed by atoms with Crippen LogP contribution in [0.1, 0.15) is 30.9 Å². The molecule has 2 nitrogen and oxygen atoms in total. The lowest BCUT2D eigenvalue weighted by molar-refractivity contribution is 0.619. The van der Waals surface area contributed by atoms with E-state index in [2.05, 4.69) is 41.5 Å². The number of unbranched alkanes of at least 4 members (excludes halogenated alkanes) is 1. The molecular weight excluding hydrogens is 239 g/mol. The normalized spacial score (nSPS) is 10.4. The lowest BCUT2D eigenvalue weighted by Gasteiger charge is -2.07. The number of benzene rings is 1. The molecule has 0 spiro atoms. The first-order valence-electron chi connectivity index (χ1n) is 6.70. The van der Waals surface area contributed by atoms with Crippen molar-refractivity contribution in [2.75, 3.05) is 5.32 Å². The van der Waals surface area contributed by atoms with E-state index in [1.807, 2.05) is 0 Å². The van der Waals surface area contributed by atoms with Crippen molar-refractivity contribution in [2.24, 2.45) is 0 Å². The highest BCUT2D eigenvalue weighted by molar-refractivity contribution is 5.45. The fourth-order valence-electron chi connectivity index (χ4n) is 1.93. The van der Waals surface area contributed by atoms with Gasteiger partial charge in [-0.25, -0.2) is 4.39 Å². The minimum absolute atomic E-state index is 0.297. The zero-order valence-electron chi connectivity index (χ0n) is 11.2. The maximum absolute atomic E-state index is 13.0. The van der Waals surface area contributed by atoms with Crippen LogP contribution in [0.5, 0.6) is 0 Å². The molecule has 1 N–H and O–H groups in total. The van der Waals surface area contributed by atoms with Crippen LogP contribution in [0.25, 0.3) is 0 Å². The van der Waals surface area contributed by atoms with Gasteiger partial charge in [-0.1, -0.05) is 25.5 Å². The van der Waals surface area contributed by atoms with E-state index in [1.54, 1.807) is 6.20 Å². The number of aromatic nitrogens is 1. The van der Waals surface area contributed by atoms with E-state index < -0.39 is 0 Å². The predicted octanol–water partition coefficient (Wildman–Crippen LogP) is 4.18. The monoisotopic (exact) mass is 258 g/mol. The molecule has 0 radical (unpaired) electrons. The van der Waals surface area contributed by atoms with E-state index in [0.29, 0.717) is 6.54 Å². The van der Waals surface area contributed by atoms with Gasteiger partial charge in [-0.3, -0.25) is 4.98 Å². The second-order valence-electron chi connectivity index (χ2n) is 4.67. The van der Waals surface area contributed by atoms with E-state index >= 15 is 0 Å². The van der Waals surface area contributed by atoms with Crippen LogP contribution in [-0.4, -0.2) is 4.98 Å². The van der Waals surface area contributed by atoms with Crippen molar-refractivity contribution in [3.8, 4) is 0 Å². The van der Waals surface area contributed by atoms with Crippen molar-refractivity contribution in [3.63, 3.8) is 0 Å². The Balaban J connectivity index is 1.89. The van der Waals surface area contributed by atoms with Crippen LogP contribution in [0, 0.1) is 5.82 Å². The van der Waals surface area contributed by atoms with Gasteiger partial charge in [0.2, 0.25) is 0 Å². The Morgan fingerprint density at radius 1 is 1.11 bits per heavy atom. The smallest absolute Gasteiger partial charge is 0.141 e. The number of anilines is 1. The van der Waals surface area contributed by atoms with Gasteiger partial charge in [0.05, 0.1) is 6.20 Å². The molecule has 3 heteroatoms. The molecule has 0 atom stereocenters. The lowest BCUT2D eigenvalue weighted by atomic mass is 10.1. The van der Waals surface area contributed by atoms with Crippen molar-refractivity contribution < 1.29 is 4.39 Å². The van der Waals surface area contributed by atoms with Crippen molar-refractivity contribution in [3.05, 3.63) is 59.7 Å². The zero-order chi connectivity index (χ0) is 13.5. The first-order chi connectivity index (χ1) is 9.28. The molecule has 0 saturated heterocycles. The summed E-state index contributed by atoms with van der Waals surface area (Å²) >= 11 is 0. The minimum Gasteiger partial charge on any atom is -0.381 e. The average Bonchev–Trinajstić information content (AvgIpc) is 2.44. The molecule has 1 aromatic heterocycles. The highest BCUT2D eigenvalue weighted by atomic mass is 19.1. The Kier molecular flexibility index (Phi) is 4.90. The molecule has 1 heterocycles. The van der Waals surface area contributed by atoms with Gasteiger partial charge in [0.1, 0.15) is 5.82 Å². The Morgan fingerprint density at radius 3 is 2.58 bits per heavy atom. The molecule has 0 aliphatic rings. The highest BCUT2D eigenvalue weighted by Gasteiger charge is 1.98. The molecular formula is C16H19FN2. The number of aryl methyl sites for hydroxylation is 1. The molecule has 2 rings (SSSR count). The summed E-state index contributed by atoms with van der Waals surface area (Å²) in [6, 6.07) is 9.91. The fraction of sp³-hybridized carbons (Fsp3) is 0.312. The van der Waals surface area contributed by atoms with Crippen LogP contribution >= 0.6 is 0 Å². The van der Waals surface area contributed by atoms with Gasteiger partial charge in [0, 0.05) is 18.4 Å². The molecule has 1 aromatic carbocycles. The average molecular weight is 258 g/mol. The van der Waals surface area contributed by atoms with Gasteiger partial charge in [-0.05, 0) is 42.2 Å². The Bertz CT molecular complexity index is 508. The summed E-state index contributed by atoms with van der Waals surface area (Å²) in [5.41, 5.74) is 3.25. The van der Waals surface area contributed by atoms with Crippen molar-refractivity contribution in [1.29, 1.82) is 0 Å². The number of pyridine rings is 1. The van der Waals surface area contributed by atoms with E-state index in [4.69, 9.17) is 0 Å². The topological polar surface area (TPSA) is 24.9 Å². The van der Waals surface area contributed by atoms with E-state index in [1.165, 1.54) is 30.7 Å². The molecule has 0 saturated carbocycles. The fourth-order valence-corrected chi connectivity index (χ4v) is 1.93. The summed E-state index contributed by atoms with van der Waals surface area (Å²) in [5, 5.41) is 3.26. The summed E-state index contributed by atoms with van der Waals surface area (Å²) in [4.78, 5) is 3.83. The minimum atomic E-state index is -0.297. The van der Waals surface area contributed by atoms with Crippen LogP contribution in [0.2, 0.25) is 0 Å². The molecule has 2 aromatic rings. The van der Waals surface area contributed by atoms with E-state index in [0.717, 1.165) is 17.7 Å². The maximum Gasteiger partial charge on any atom is 0.141 e. The third kappa shape index (κ3) is 4.36. The number of hydrogen-bond donors (Lipinski definition) is 1. The molecule has 0 fully saturated rings. The van der Waals surface area contributed by atoms with Gasteiger partial charge in [0.25, 0.3) is 0 Å². The van der Waals surface area contributed by atoms with Crippen LogP contribution in [0.3, 0.4) is 0 Å². The summed E-state index contributed by atoms with van der Waals surface area (Å²) in [6.07, 6.45) is 6.45. The molecule has 0 aliphatic heterocycles. The largest absolute Gasteiger partial charge is 0.381 e. The number of nitrogens with zero attached hydrogens (tertiary/aromatic N) is 1. The van der Waals surface area contributed by atoms with Crippen LogP contribution < -0.4 is 5.32 Å². The second kappa shape index (κ2) is 6.88. The highest BCUT2D eigenvalue weighted by Crippen LogP contribution is 2.13. The summed E-state index contributed by atoms with van der Waals surface area (Å²) in [6.45, 7) is 2.78. The molecule has 0 bridgehead atoms. The molecule has 100 valence electrons. The number of hydrogen-bond acceptors (Lipinski definition) is 2.